The van der Waals surface area contributed by atoms with Gasteiger partial charge in [-0.2, -0.15) is 0 Å². The number of hydrogen-bond donors (Lipinski definition) is 6. The Hall–Kier alpha value is -3.84. The van der Waals surface area contributed by atoms with Gasteiger partial charge in [0.15, 0.2) is 6.23 Å². The lowest BCUT2D eigenvalue weighted by molar-refractivity contribution is -0.249. The number of carbonyl (C=O) groups excluding carboxylic acids is 2. The van der Waals surface area contributed by atoms with E-state index in [0.717, 1.165) is 0 Å². The van der Waals surface area contributed by atoms with Gasteiger partial charge in [0.25, 0.3) is 11.8 Å². The molecule has 2 aliphatic rings. The fourth-order valence-corrected chi connectivity index (χ4v) is 5.88. The third-order valence-corrected chi connectivity index (χ3v) is 7.54. The number of aromatic nitrogens is 2. The number of nitrogens with zero attached hydrogens (tertiary/aromatic N) is 2. The number of aliphatic hydroxyl groups excluding tert-OH is 4. The Labute approximate surface area is 207 Å². The predicted octanol–water partition coefficient (Wildman–Crippen LogP) is 1.39. The highest BCUT2D eigenvalue weighted by Gasteiger charge is 2.47. The standard InChI is InChI=1S/C26H21N3O8/c30-9-14-21(31)22(32)23(33)26(37-14)28-13-8-4-2-6-11(13)16-18-17(24(34)29(36)25(18)35)15-10-5-1-3-7-12(10)27-19(15)20(16)28/h1-8,14,21-23,26-27,30-33,36H,9H2/t14-,21-,22+,23-,26-/m1/s1. The zero-order chi connectivity index (χ0) is 25.7. The summed E-state index contributed by atoms with van der Waals surface area (Å²) in [6, 6.07) is 14.2. The molecule has 6 N–H and O–H groups in total. The minimum Gasteiger partial charge on any atom is -0.394 e. The minimum absolute atomic E-state index is 0.0132. The molecular formula is C26H21N3O8. The second-order valence-corrected chi connectivity index (χ2v) is 9.42. The van der Waals surface area contributed by atoms with E-state index in [1.54, 1.807) is 41.0 Å². The molecule has 0 radical (unpaired) electrons. The molecule has 37 heavy (non-hydrogen) atoms. The molecule has 0 saturated carbocycles. The summed E-state index contributed by atoms with van der Waals surface area (Å²) in [6.07, 6.45) is -7.22. The number of aliphatic hydroxyl groups is 4. The van der Waals surface area contributed by atoms with Crippen molar-refractivity contribution in [3.05, 3.63) is 59.7 Å². The third-order valence-electron chi connectivity index (χ3n) is 7.54. The van der Waals surface area contributed by atoms with Crippen LogP contribution >= 0.6 is 0 Å². The molecule has 3 aromatic carbocycles. The highest BCUT2D eigenvalue weighted by Crippen LogP contribution is 2.46. The first-order valence-corrected chi connectivity index (χ1v) is 11.7. The monoisotopic (exact) mass is 503 g/mol. The number of fused-ring (bicyclic) bond motifs is 10. The maximum atomic E-state index is 13.3. The van der Waals surface area contributed by atoms with E-state index in [0.29, 0.717) is 43.6 Å². The van der Waals surface area contributed by atoms with E-state index in [4.69, 9.17) is 4.74 Å². The van der Waals surface area contributed by atoms with E-state index < -0.39 is 49.1 Å². The average Bonchev–Trinajstić information content (AvgIpc) is 3.53. The number of nitrogens with one attached hydrogen (secondary N) is 1. The van der Waals surface area contributed by atoms with Gasteiger partial charge in [0.05, 0.1) is 34.3 Å². The number of hydroxylamine groups is 2. The van der Waals surface area contributed by atoms with Gasteiger partial charge in [0, 0.05) is 27.1 Å². The molecule has 188 valence electrons. The molecule has 1 saturated heterocycles. The number of ether oxygens (including phenoxy) is 1. The zero-order valence-corrected chi connectivity index (χ0v) is 19.1. The Kier molecular flexibility index (Phi) is 4.59. The Morgan fingerprint density at radius 1 is 0.838 bits per heavy atom. The fourth-order valence-electron chi connectivity index (χ4n) is 5.88. The van der Waals surface area contributed by atoms with E-state index in [2.05, 4.69) is 4.98 Å². The van der Waals surface area contributed by atoms with Crippen molar-refractivity contribution in [2.24, 2.45) is 0 Å². The van der Waals surface area contributed by atoms with Gasteiger partial charge in [-0.25, -0.2) is 0 Å². The van der Waals surface area contributed by atoms with Crippen LogP contribution in [0.5, 0.6) is 0 Å². The topological polar surface area (TPSA) is 168 Å². The number of amides is 2. The van der Waals surface area contributed by atoms with Crippen molar-refractivity contribution in [1.82, 2.24) is 14.6 Å². The predicted molar refractivity (Wildman–Crippen MR) is 130 cm³/mol. The number of H-pyrrole nitrogens is 1. The van der Waals surface area contributed by atoms with Crippen molar-refractivity contribution < 1.29 is 40.0 Å². The minimum atomic E-state index is -1.63. The van der Waals surface area contributed by atoms with Gasteiger partial charge in [-0.05, 0) is 12.1 Å². The summed E-state index contributed by atoms with van der Waals surface area (Å²) in [5, 5.41) is 54.2. The van der Waals surface area contributed by atoms with Crippen LogP contribution in [0.2, 0.25) is 0 Å². The first-order valence-electron chi connectivity index (χ1n) is 11.7. The summed E-state index contributed by atoms with van der Waals surface area (Å²) in [5.41, 5.74) is 2.11. The Morgan fingerprint density at radius 2 is 1.49 bits per heavy atom. The van der Waals surface area contributed by atoms with Gasteiger partial charge < -0.3 is 34.7 Å². The first kappa shape index (κ1) is 22.4. The van der Waals surface area contributed by atoms with Gasteiger partial charge in [-0.15, -0.1) is 5.06 Å². The second kappa shape index (κ2) is 7.59. The van der Waals surface area contributed by atoms with Crippen LogP contribution in [0.4, 0.5) is 0 Å². The number of aromatic amines is 1. The maximum Gasteiger partial charge on any atom is 0.286 e. The van der Waals surface area contributed by atoms with Crippen molar-refractivity contribution in [1.29, 1.82) is 0 Å². The van der Waals surface area contributed by atoms with E-state index in [1.165, 1.54) is 0 Å². The van der Waals surface area contributed by atoms with Crippen LogP contribution in [-0.2, 0) is 4.74 Å². The molecule has 0 spiro atoms. The summed E-state index contributed by atoms with van der Waals surface area (Å²) < 4.78 is 7.53. The molecule has 2 aromatic heterocycles. The third kappa shape index (κ3) is 2.70. The Morgan fingerprint density at radius 3 is 2.22 bits per heavy atom. The number of hydrogen-bond acceptors (Lipinski definition) is 8. The highest BCUT2D eigenvalue weighted by atomic mass is 16.6. The van der Waals surface area contributed by atoms with Crippen LogP contribution in [-0.4, -0.2) is 83.1 Å². The van der Waals surface area contributed by atoms with E-state index in [1.807, 2.05) is 12.1 Å². The van der Waals surface area contributed by atoms with Crippen molar-refractivity contribution in [2.75, 3.05) is 6.61 Å². The normalized spacial score (nSPS) is 26.3. The molecule has 5 aromatic rings. The Bertz CT molecular complexity index is 1790. The number of carbonyl (C=O) groups is 2. The molecule has 2 aliphatic heterocycles. The van der Waals surface area contributed by atoms with E-state index in [-0.39, 0.29) is 16.2 Å². The maximum absolute atomic E-state index is 13.3. The van der Waals surface area contributed by atoms with Gasteiger partial charge >= 0.3 is 0 Å². The molecule has 2 amide bonds. The zero-order valence-electron chi connectivity index (χ0n) is 19.1. The Balaban J connectivity index is 1.71. The first-order chi connectivity index (χ1) is 17.8. The van der Waals surface area contributed by atoms with Crippen molar-refractivity contribution in [3.63, 3.8) is 0 Å². The molecule has 0 bridgehead atoms. The quantitative estimate of drug-likeness (QED) is 0.155. The molecule has 1 fully saturated rings. The number of rotatable bonds is 2. The lowest BCUT2D eigenvalue weighted by atomic mass is 9.96. The molecule has 4 heterocycles. The number of para-hydroxylation sites is 2. The summed E-state index contributed by atoms with van der Waals surface area (Å²) in [7, 11) is 0. The molecule has 11 heteroatoms. The molecule has 0 aliphatic carbocycles. The molecule has 5 atom stereocenters. The highest BCUT2D eigenvalue weighted by molar-refractivity contribution is 6.38. The average molecular weight is 503 g/mol. The van der Waals surface area contributed by atoms with Crippen LogP contribution in [0.3, 0.4) is 0 Å². The molecular weight excluding hydrogens is 482 g/mol. The second-order valence-electron chi connectivity index (χ2n) is 9.42. The fraction of sp³-hybridized carbons (Fsp3) is 0.231. The summed E-state index contributed by atoms with van der Waals surface area (Å²) >= 11 is 0. The molecule has 7 rings (SSSR count). The smallest absolute Gasteiger partial charge is 0.286 e. The SMILES string of the molecule is O=C1c2c(c3c4ccccc4n([C@@H]4O[C@H](CO)[C@@H](O)[C@H](O)[C@H]4O)c3c3[nH]c4ccccc4c23)C(=O)N1O. The van der Waals surface area contributed by atoms with Crippen molar-refractivity contribution in [3.8, 4) is 0 Å². The van der Waals surface area contributed by atoms with Gasteiger partial charge in [-0.3, -0.25) is 14.8 Å². The number of benzene rings is 3. The van der Waals surface area contributed by atoms with E-state index >= 15 is 0 Å². The van der Waals surface area contributed by atoms with Gasteiger partial charge in [-0.1, -0.05) is 36.4 Å². The summed E-state index contributed by atoms with van der Waals surface area (Å²) in [5.74, 6) is -1.73. The molecule has 0 unspecified atom stereocenters. The summed E-state index contributed by atoms with van der Waals surface area (Å²) in [6.45, 7) is -0.609. The van der Waals surface area contributed by atoms with Crippen LogP contribution in [0, 0.1) is 0 Å². The number of imide groups is 1. The summed E-state index contributed by atoms with van der Waals surface area (Å²) in [4.78, 5) is 29.7. The largest absolute Gasteiger partial charge is 0.394 e. The van der Waals surface area contributed by atoms with E-state index in [9.17, 15) is 35.2 Å². The molecule has 11 nitrogen and oxygen atoms in total. The van der Waals surface area contributed by atoms with Crippen molar-refractivity contribution in [2.45, 2.75) is 30.6 Å². The lowest BCUT2D eigenvalue weighted by Crippen LogP contribution is -2.56. The lowest BCUT2D eigenvalue weighted by Gasteiger charge is -2.41. The van der Waals surface area contributed by atoms with Crippen molar-refractivity contribution >= 4 is 55.4 Å². The van der Waals surface area contributed by atoms with Gasteiger partial charge in [0.2, 0.25) is 0 Å². The van der Waals surface area contributed by atoms with Crippen LogP contribution in [0.1, 0.15) is 26.9 Å². The van der Waals surface area contributed by atoms with Crippen LogP contribution in [0.15, 0.2) is 48.5 Å². The van der Waals surface area contributed by atoms with Gasteiger partial charge in [0.1, 0.15) is 24.4 Å². The van der Waals surface area contributed by atoms with Crippen LogP contribution < -0.4 is 0 Å². The van der Waals surface area contributed by atoms with Crippen LogP contribution in [0.25, 0.3) is 43.6 Å².